The quantitative estimate of drug-likeness (QED) is 0.430. The Kier molecular flexibility index (Phi) is 4.55. The zero-order valence-electron chi connectivity index (χ0n) is 16.6. The molecule has 4 aromatic rings. The van der Waals surface area contributed by atoms with E-state index in [0.29, 0.717) is 22.7 Å². The van der Waals surface area contributed by atoms with Crippen LogP contribution in [0, 0.1) is 5.82 Å². The van der Waals surface area contributed by atoms with E-state index in [1.54, 1.807) is 19.1 Å². The van der Waals surface area contributed by atoms with E-state index in [2.05, 4.69) is 25.6 Å². The van der Waals surface area contributed by atoms with Gasteiger partial charge < -0.3 is 16.4 Å². The standard InChI is InChI=1S/C20H16ClFN8O2/c1-9(26-17-16-12(7-25-18(16)31)27-19(23)28-17)13-6-15-24-8-14(21)30(15)20(32)29(13)11-4-2-3-10(22)5-11/h2-6,8-9H,7H2,1H3,(H,25,31)(H3,23,26,27,28). The Morgan fingerprint density at radius 3 is 2.88 bits per heavy atom. The van der Waals surface area contributed by atoms with Crippen molar-refractivity contribution in [1.29, 1.82) is 0 Å². The van der Waals surface area contributed by atoms with Gasteiger partial charge in [-0.2, -0.15) is 4.98 Å². The van der Waals surface area contributed by atoms with Crippen molar-refractivity contribution < 1.29 is 9.18 Å². The average molecular weight is 455 g/mol. The molecule has 5 rings (SSSR count). The molecule has 12 heteroatoms. The minimum Gasteiger partial charge on any atom is -0.368 e. The molecule has 10 nitrogen and oxygen atoms in total. The minimum atomic E-state index is -0.571. The monoisotopic (exact) mass is 454 g/mol. The third-order valence-corrected chi connectivity index (χ3v) is 5.44. The molecule has 0 radical (unpaired) electrons. The fourth-order valence-corrected chi connectivity index (χ4v) is 3.97. The fourth-order valence-electron chi connectivity index (χ4n) is 3.76. The number of carbonyl (C=O) groups is 1. The normalized spacial score (nSPS) is 13.8. The van der Waals surface area contributed by atoms with Gasteiger partial charge in [0.2, 0.25) is 5.95 Å². The summed E-state index contributed by atoms with van der Waals surface area (Å²) in [5, 5.41) is 5.95. The lowest BCUT2D eigenvalue weighted by Gasteiger charge is -2.21. The Morgan fingerprint density at radius 1 is 1.28 bits per heavy atom. The van der Waals surface area contributed by atoms with Crippen LogP contribution in [0.1, 0.15) is 34.7 Å². The number of anilines is 2. The molecule has 32 heavy (non-hydrogen) atoms. The predicted molar refractivity (Wildman–Crippen MR) is 115 cm³/mol. The maximum atomic E-state index is 14.0. The zero-order chi connectivity index (χ0) is 22.6. The Labute approximate surface area is 184 Å². The number of hydrogen-bond donors (Lipinski definition) is 3. The lowest BCUT2D eigenvalue weighted by molar-refractivity contribution is 0.0966. The Balaban J connectivity index is 1.69. The molecule has 1 aliphatic rings. The first-order chi connectivity index (χ1) is 15.3. The highest BCUT2D eigenvalue weighted by molar-refractivity contribution is 6.29. The van der Waals surface area contributed by atoms with Crippen LogP contribution >= 0.6 is 11.6 Å². The maximum absolute atomic E-state index is 14.0. The van der Waals surface area contributed by atoms with Gasteiger partial charge in [0.05, 0.1) is 35.9 Å². The maximum Gasteiger partial charge on any atom is 0.339 e. The molecule has 162 valence electrons. The van der Waals surface area contributed by atoms with Crippen LogP contribution < -0.4 is 22.1 Å². The molecule has 1 aromatic carbocycles. The SMILES string of the molecule is CC(Nc1nc(N)nc2c1C(=O)NC2)c1cc2ncc(Cl)n2c(=O)n1-c1cccc(F)c1. The second-order valence-electron chi connectivity index (χ2n) is 7.24. The number of carbonyl (C=O) groups excluding carboxylic acids is 1. The first-order valence-electron chi connectivity index (χ1n) is 9.59. The van der Waals surface area contributed by atoms with E-state index in [-0.39, 0.29) is 34.9 Å². The third kappa shape index (κ3) is 3.14. The lowest BCUT2D eigenvalue weighted by Crippen LogP contribution is -2.30. The Morgan fingerprint density at radius 2 is 2.09 bits per heavy atom. The zero-order valence-corrected chi connectivity index (χ0v) is 17.4. The molecule has 1 amide bonds. The molecule has 0 bridgehead atoms. The largest absolute Gasteiger partial charge is 0.368 e. The second-order valence-corrected chi connectivity index (χ2v) is 7.63. The van der Waals surface area contributed by atoms with Crippen molar-refractivity contribution >= 4 is 34.9 Å². The number of nitrogens with one attached hydrogen (secondary N) is 2. The molecule has 1 aliphatic heterocycles. The summed E-state index contributed by atoms with van der Waals surface area (Å²) >= 11 is 6.15. The molecule has 4 heterocycles. The van der Waals surface area contributed by atoms with Crippen LogP contribution in [-0.4, -0.2) is 29.8 Å². The number of fused-ring (bicyclic) bond motifs is 2. The molecule has 1 unspecified atom stereocenters. The van der Waals surface area contributed by atoms with E-state index in [4.69, 9.17) is 17.3 Å². The Bertz CT molecular complexity index is 1460. The topological polar surface area (TPSA) is 132 Å². The van der Waals surface area contributed by atoms with Gasteiger partial charge in [-0.05, 0) is 25.1 Å². The van der Waals surface area contributed by atoms with Crippen molar-refractivity contribution in [1.82, 2.24) is 29.2 Å². The predicted octanol–water partition coefficient (Wildman–Crippen LogP) is 2.07. The summed E-state index contributed by atoms with van der Waals surface area (Å²) in [5.74, 6) is -0.592. The van der Waals surface area contributed by atoms with E-state index in [0.717, 1.165) is 0 Å². The molecule has 0 saturated heterocycles. The van der Waals surface area contributed by atoms with E-state index in [1.165, 1.54) is 33.4 Å². The molecule has 0 spiro atoms. The molecule has 3 aromatic heterocycles. The number of halogens is 2. The molecule has 0 aliphatic carbocycles. The number of imidazole rings is 1. The number of aromatic nitrogens is 5. The first-order valence-corrected chi connectivity index (χ1v) is 9.97. The van der Waals surface area contributed by atoms with E-state index in [1.807, 2.05) is 0 Å². The number of nitrogen functional groups attached to an aromatic ring is 1. The molecule has 0 saturated carbocycles. The van der Waals surface area contributed by atoms with Crippen LogP contribution in [0.4, 0.5) is 16.2 Å². The van der Waals surface area contributed by atoms with Crippen molar-refractivity contribution in [2.75, 3.05) is 11.1 Å². The highest BCUT2D eigenvalue weighted by atomic mass is 35.5. The summed E-state index contributed by atoms with van der Waals surface area (Å²) in [6, 6.07) is 6.71. The van der Waals surface area contributed by atoms with Crippen LogP contribution in [-0.2, 0) is 6.54 Å². The smallest absolute Gasteiger partial charge is 0.339 e. The van der Waals surface area contributed by atoms with E-state index < -0.39 is 17.5 Å². The number of nitrogens with two attached hydrogens (primary N) is 1. The summed E-state index contributed by atoms with van der Waals surface area (Å²) in [6.45, 7) is 2.01. The van der Waals surface area contributed by atoms with E-state index in [9.17, 15) is 14.0 Å². The number of amides is 1. The molecular formula is C20H16ClFN8O2. The molecule has 0 fully saturated rings. The average Bonchev–Trinajstić information content (AvgIpc) is 3.30. The van der Waals surface area contributed by atoms with Crippen molar-refractivity contribution in [3.63, 3.8) is 0 Å². The Hall–Kier alpha value is -3.99. The number of hydrogen-bond acceptors (Lipinski definition) is 7. The van der Waals surface area contributed by atoms with Gasteiger partial charge in [0.15, 0.2) is 0 Å². The van der Waals surface area contributed by atoms with Crippen molar-refractivity contribution in [3.05, 3.63) is 74.9 Å². The molecular weight excluding hydrogens is 439 g/mol. The summed E-state index contributed by atoms with van der Waals surface area (Å²) in [4.78, 5) is 38.1. The van der Waals surface area contributed by atoms with Crippen LogP contribution in [0.3, 0.4) is 0 Å². The van der Waals surface area contributed by atoms with Gasteiger partial charge in [0, 0.05) is 6.07 Å². The number of benzene rings is 1. The van der Waals surface area contributed by atoms with Gasteiger partial charge in [0.1, 0.15) is 28.0 Å². The van der Waals surface area contributed by atoms with Gasteiger partial charge in [-0.3, -0.25) is 9.36 Å². The van der Waals surface area contributed by atoms with Gasteiger partial charge in [-0.25, -0.2) is 23.6 Å². The fraction of sp³-hybridized carbons (Fsp3) is 0.150. The number of rotatable bonds is 4. The van der Waals surface area contributed by atoms with Crippen molar-refractivity contribution in [3.8, 4) is 5.69 Å². The summed E-state index contributed by atoms with van der Waals surface area (Å²) < 4.78 is 16.5. The van der Waals surface area contributed by atoms with Gasteiger partial charge in [0.25, 0.3) is 5.91 Å². The molecule has 4 N–H and O–H groups in total. The van der Waals surface area contributed by atoms with Crippen LogP contribution in [0.25, 0.3) is 11.3 Å². The van der Waals surface area contributed by atoms with Gasteiger partial charge >= 0.3 is 5.69 Å². The number of nitrogens with zero attached hydrogens (tertiary/aromatic N) is 5. The van der Waals surface area contributed by atoms with Crippen LogP contribution in [0.5, 0.6) is 0 Å². The van der Waals surface area contributed by atoms with Crippen LogP contribution in [0.15, 0.2) is 41.3 Å². The van der Waals surface area contributed by atoms with Crippen molar-refractivity contribution in [2.45, 2.75) is 19.5 Å². The van der Waals surface area contributed by atoms with Gasteiger partial charge in [-0.1, -0.05) is 17.7 Å². The summed E-state index contributed by atoms with van der Waals surface area (Å²) in [5.41, 5.74) is 7.12. The first kappa shape index (κ1) is 19.9. The summed E-state index contributed by atoms with van der Waals surface area (Å²) in [6.07, 6.45) is 1.36. The van der Waals surface area contributed by atoms with E-state index >= 15 is 0 Å². The lowest BCUT2D eigenvalue weighted by atomic mass is 10.1. The van der Waals surface area contributed by atoms with Crippen molar-refractivity contribution in [2.24, 2.45) is 0 Å². The highest BCUT2D eigenvalue weighted by Crippen LogP contribution is 2.27. The van der Waals surface area contributed by atoms with Gasteiger partial charge in [-0.15, -0.1) is 0 Å². The van der Waals surface area contributed by atoms with Crippen LogP contribution in [0.2, 0.25) is 5.15 Å². The summed E-state index contributed by atoms with van der Waals surface area (Å²) in [7, 11) is 0. The third-order valence-electron chi connectivity index (χ3n) is 5.17. The molecule has 1 atom stereocenters. The second kappa shape index (κ2) is 7.31. The minimum absolute atomic E-state index is 0.00737. The highest BCUT2D eigenvalue weighted by Gasteiger charge is 2.28.